The maximum atomic E-state index is 12.1. The molecule has 7 heteroatoms. The van der Waals surface area contributed by atoms with Crippen molar-refractivity contribution < 1.29 is 4.79 Å². The van der Waals surface area contributed by atoms with E-state index in [9.17, 15) is 4.79 Å². The molecule has 1 fully saturated rings. The Hall–Kier alpha value is -2.54. The molecule has 0 radical (unpaired) electrons. The normalized spacial score (nSPS) is 14.9. The molecule has 0 bridgehead atoms. The van der Waals surface area contributed by atoms with Crippen LogP contribution in [0.2, 0.25) is 0 Å². The second kappa shape index (κ2) is 9.59. The van der Waals surface area contributed by atoms with E-state index < -0.39 is 0 Å². The first-order valence-corrected chi connectivity index (χ1v) is 10.5. The van der Waals surface area contributed by atoms with Crippen molar-refractivity contribution in [2.24, 2.45) is 4.99 Å². The summed E-state index contributed by atoms with van der Waals surface area (Å²) in [6.07, 6.45) is 0.850. The highest BCUT2D eigenvalue weighted by Gasteiger charge is 2.20. The average molecular weight is 400 g/mol. The van der Waals surface area contributed by atoms with E-state index in [0.29, 0.717) is 0 Å². The van der Waals surface area contributed by atoms with Crippen LogP contribution in [0, 0.1) is 0 Å². The molecule has 0 unspecified atom stereocenters. The van der Waals surface area contributed by atoms with Crippen LogP contribution in [0.4, 0.5) is 5.00 Å². The van der Waals surface area contributed by atoms with Gasteiger partial charge in [0.05, 0.1) is 5.00 Å². The lowest BCUT2D eigenvalue weighted by Gasteiger charge is -2.37. The number of nitrogens with one attached hydrogen (secondary N) is 1. The molecule has 0 spiro atoms. The number of carbonyl (C=O) groups excluding carboxylic acids is 1. The molecule has 1 aliphatic heterocycles. The van der Waals surface area contributed by atoms with E-state index in [-0.39, 0.29) is 5.91 Å². The third-order valence-corrected chi connectivity index (χ3v) is 5.81. The molecule has 1 aromatic heterocycles. The summed E-state index contributed by atoms with van der Waals surface area (Å²) in [5.74, 6) is 0.987. The van der Waals surface area contributed by atoms with Crippen molar-refractivity contribution in [2.75, 3.05) is 58.8 Å². The van der Waals surface area contributed by atoms with Gasteiger partial charge in [0, 0.05) is 59.4 Å². The third-order valence-electron chi connectivity index (χ3n) is 4.89. The standard InChI is InChI=1S/C21H29N5OS/c1-22-21(26-13-11-25(12-14-26)19-8-5-15-28-19)23-10-9-17-6-4-7-18(16-17)20(27)24(2)3/h4-8,15-16H,9-14H2,1-3H3,(H,22,23). The van der Waals surface area contributed by atoms with Crippen LogP contribution in [0.3, 0.4) is 0 Å². The van der Waals surface area contributed by atoms with Gasteiger partial charge in [-0.3, -0.25) is 9.79 Å². The molecule has 28 heavy (non-hydrogen) atoms. The van der Waals surface area contributed by atoms with Crippen LogP contribution in [0.5, 0.6) is 0 Å². The van der Waals surface area contributed by atoms with Gasteiger partial charge in [-0.25, -0.2) is 0 Å². The Morgan fingerprint density at radius 3 is 2.61 bits per heavy atom. The number of carbonyl (C=O) groups is 1. The molecule has 0 atom stereocenters. The molecule has 150 valence electrons. The van der Waals surface area contributed by atoms with Crippen LogP contribution in [-0.4, -0.2) is 75.5 Å². The smallest absolute Gasteiger partial charge is 0.253 e. The Morgan fingerprint density at radius 2 is 1.96 bits per heavy atom. The van der Waals surface area contributed by atoms with Crippen LogP contribution in [0.15, 0.2) is 46.8 Å². The molecule has 2 heterocycles. The van der Waals surface area contributed by atoms with Crippen molar-refractivity contribution >= 4 is 28.2 Å². The molecule has 1 saturated heterocycles. The van der Waals surface area contributed by atoms with Crippen LogP contribution in [0.25, 0.3) is 0 Å². The Balaban J connectivity index is 1.49. The van der Waals surface area contributed by atoms with Crippen molar-refractivity contribution in [3.05, 3.63) is 52.9 Å². The van der Waals surface area contributed by atoms with Crippen LogP contribution in [0.1, 0.15) is 15.9 Å². The lowest BCUT2D eigenvalue weighted by Crippen LogP contribution is -2.52. The van der Waals surface area contributed by atoms with Crippen molar-refractivity contribution in [1.29, 1.82) is 0 Å². The highest BCUT2D eigenvalue weighted by Crippen LogP contribution is 2.22. The average Bonchev–Trinajstić information content (AvgIpc) is 3.26. The minimum Gasteiger partial charge on any atom is -0.360 e. The number of rotatable bonds is 5. The number of nitrogens with zero attached hydrogens (tertiary/aromatic N) is 4. The van der Waals surface area contributed by atoms with Gasteiger partial charge in [-0.2, -0.15) is 0 Å². The highest BCUT2D eigenvalue weighted by atomic mass is 32.1. The lowest BCUT2D eigenvalue weighted by atomic mass is 10.1. The Kier molecular flexibility index (Phi) is 6.92. The zero-order valence-corrected chi connectivity index (χ0v) is 17.7. The molecular formula is C21H29N5OS. The topological polar surface area (TPSA) is 51.2 Å². The Bertz CT molecular complexity index is 795. The quantitative estimate of drug-likeness (QED) is 0.620. The van der Waals surface area contributed by atoms with Gasteiger partial charge in [0.15, 0.2) is 5.96 Å². The van der Waals surface area contributed by atoms with Crippen molar-refractivity contribution in [2.45, 2.75) is 6.42 Å². The Morgan fingerprint density at radius 1 is 1.18 bits per heavy atom. The molecule has 1 aromatic carbocycles. The van der Waals surface area contributed by atoms with Crippen LogP contribution < -0.4 is 10.2 Å². The number of piperazine rings is 1. The predicted octanol–water partition coefficient (Wildman–Crippen LogP) is 2.39. The maximum absolute atomic E-state index is 12.1. The SMILES string of the molecule is CN=C(NCCc1cccc(C(=O)N(C)C)c1)N1CCN(c2cccs2)CC1. The number of benzene rings is 1. The fraction of sp³-hybridized carbons (Fsp3) is 0.429. The van der Waals surface area contributed by atoms with Gasteiger partial charge in [-0.05, 0) is 41.6 Å². The van der Waals surface area contributed by atoms with E-state index in [0.717, 1.165) is 56.2 Å². The molecule has 0 saturated carbocycles. The zero-order valence-electron chi connectivity index (χ0n) is 16.9. The minimum atomic E-state index is 0.0363. The van der Waals surface area contributed by atoms with Gasteiger partial charge >= 0.3 is 0 Å². The number of anilines is 1. The van der Waals surface area contributed by atoms with Crippen molar-refractivity contribution in [1.82, 2.24) is 15.1 Å². The van der Waals surface area contributed by atoms with Gasteiger partial charge in [0.1, 0.15) is 0 Å². The zero-order chi connectivity index (χ0) is 19.9. The molecule has 2 aromatic rings. The molecule has 6 nitrogen and oxygen atoms in total. The summed E-state index contributed by atoms with van der Waals surface area (Å²) in [6.45, 7) is 4.73. The second-order valence-corrected chi connectivity index (χ2v) is 7.98. The summed E-state index contributed by atoms with van der Waals surface area (Å²) in [6, 6.07) is 12.1. The number of thiophene rings is 1. The van der Waals surface area contributed by atoms with E-state index in [4.69, 9.17) is 0 Å². The van der Waals surface area contributed by atoms with Gasteiger partial charge in [0.2, 0.25) is 0 Å². The highest BCUT2D eigenvalue weighted by molar-refractivity contribution is 7.14. The van der Waals surface area contributed by atoms with Crippen molar-refractivity contribution in [3.8, 4) is 0 Å². The number of amides is 1. The first-order valence-electron chi connectivity index (χ1n) is 9.63. The molecule has 3 rings (SSSR count). The summed E-state index contributed by atoms with van der Waals surface area (Å²) in [5.41, 5.74) is 1.88. The number of hydrogen-bond acceptors (Lipinski definition) is 4. The van der Waals surface area contributed by atoms with Gasteiger partial charge in [-0.15, -0.1) is 11.3 Å². The van der Waals surface area contributed by atoms with Gasteiger partial charge in [-0.1, -0.05) is 12.1 Å². The minimum absolute atomic E-state index is 0.0363. The second-order valence-electron chi connectivity index (χ2n) is 7.05. The van der Waals surface area contributed by atoms with E-state index in [1.54, 1.807) is 30.3 Å². The summed E-state index contributed by atoms with van der Waals surface area (Å²) in [5, 5.41) is 6.94. The summed E-state index contributed by atoms with van der Waals surface area (Å²) in [7, 11) is 5.39. The van der Waals surface area contributed by atoms with Gasteiger partial charge < -0.3 is 20.0 Å². The Labute approximate surface area is 171 Å². The fourth-order valence-corrected chi connectivity index (χ4v) is 4.14. The summed E-state index contributed by atoms with van der Waals surface area (Å²) >= 11 is 1.80. The fourth-order valence-electron chi connectivity index (χ4n) is 3.36. The number of hydrogen-bond donors (Lipinski definition) is 1. The first-order chi connectivity index (χ1) is 13.6. The van der Waals surface area contributed by atoms with Gasteiger partial charge in [0.25, 0.3) is 5.91 Å². The summed E-state index contributed by atoms with van der Waals surface area (Å²) in [4.78, 5) is 22.9. The monoisotopic (exact) mass is 399 g/mol. The molecule has 1 amide bonds. The first kappa shape index (κ1) is 20.2. The third kappa shape index (κ3) is 5.04. The van der Waals surface area contributed by atoms with E-state index in [1.165, 1.54) is 5.00 Å². The van der Waals surface area contributed by atoms with E-state index in [2.05, 4.69) is 43.7 Å². The molecule has 1 N–H and O–H groups in total. The molecular weight excluding hydrogens is 370 g/mol. The largest absolute Gasteiger partial charge is 0.360 e. The van der Waals surface area contributed by atoms with Crippen LogP contribution >= 0.6 is 11.3 Å². The van der Waals surface area contributed by atoms with Crippen LogP contribution in [-0.2, 0) is 6.42 Å². The number of guanidine groups is 1. The van der Waals surface area contributed by atoms with Crippen molar-refractivity contribution in [3.63, 3.8) is 0 Å². The molecule has 0 aliphatic carbocycles. The molecule has 1 aliphatic rings. The lowest BCUT2D eigenvalue weighted by molar-refractivity contribution is 0.0827. The number of aliphatic imine (C=N–C) groups is 1. The van der Waals surface area contributed by atoms with E-state index >= 15 is 0 Å². The summed E-state index contributed by atoms with van der Waals surface area (Å²) < 4.78 is 0. The maximum Gasteiger partial charge on any atom is 0.253 e. The predicted molar refractivity (Wildman–Crippen MR) is 118 cm³/mol. The van der Waals surface area contributed by atoms with E-state index in [1.807, 2.05) is 25.2 Å².